The Balaban J connectivity index is 1.57. The molecule has 1 saturated heterocycles. The van der Waals surface area contributed by atoms with Crippen LogP contribution >= 0.6 is 11.8 Å². The molecule has 1 aliphatic heterocycles. The number of thioether (sulfide) groups is 1. The zero-order valence-electron chi connectivity index (χ0n) is 10.6. The molecule has 2 aliphatic carbocycles. The molecule has 4 heteroatoms. The molecule has 3 aliphatic rings. The molecule has 1 heterocycles. The molecule has 3 rings (SSSR count). The van der Waals surface area contributed by atoms with Gasteiger partial charge in [0.05, 0.1) is 12.1 Å². The SMILES string of the molecule is COC1(CN=C2NC3CCCC3CS2)CCC1. The number of nitrogens with one attached hydrogen (secondary N) is 1. The van der Waals surface area contributed by atoms with E-state index in [4.69, 9.17) is 9.73 Å². The number of amidine groups is 1. The summed E-state index contributed by atoms with van der Waals surface area (Å²) in [5, 5.41) is 4.78. The van der Waals surface area contributed by atoms with Crippen LogP contribution in [0.2, 0.25) is 0 Å². The van der Waals surface area contributed by atoms with Gasteiger partial charge in [-0.05, 0) is 38.0 Å². The highest BCUT2D eigenvalue weighted by Gasteiger charge is 2.37. The van der Waals surface area contributed by atoms with E-state index in [1.54, 1.807) is 0 Å². The second kappa shape index (κ2) is 4.81. The Hall–Kier alpha value is -0.220. The number of rotatable bonds is 3. The van der Waals surface area contributed by atoms with Crippen LogP contribution < -0.4 is 5.32 Å². The van der Waals surface area contributed by atoms with Gasteiger partial charge in [0.25, 0.3) is 0 Å². The van der Waals surface area contributed by atoms with E-state index in [0.29, 0.717) is 6.04 Å². The summed E-state index contributed by atoms with van der Waals surface area (Å²) in [6.07, 6.45) is 7.77. The molecule has 3 nitrogen and oxygen atoms in total. The van der Waals surface area contributed by atoms with E-state index in [1.165, 1.54) is 44.3 Å². The van der Waals surface area contributed by atoms with Crippen LogP contribution in [-0.2, 0) is 4.74 Å². The quantitative estimate of drug-likeness (QED) is 0.840. The van der Waals surface area contributed by atoms with Gasteiger partial charge in [-0.3, -0.25) is 4.99 Å². The average molecular weight is 254 g/mol. The summed E-state index contributed by atoms with van der Waals surface area (Å²) >= 11 is 1.91. The van der Waals surface area contributed by atoms with Crippen molar-refractivity contribution in [1.29, 1.82) is 0 Å². The molecular formula is C13H22N2OS. The number of hydrogen-bond acceptors (Lipinski definition) is 3. The van der Waals surface area contributed by atoms with Crippen LogP contribution in [0.15, 0.2) is 4.99 Å². The lowest BCUT2D eigenvalue weighted by Crippen LogP contribution is -2.45. The molecule has 0 aromatic heterocycles. The summed E-state index contributed by atoms with van der Waals surface area (Å²) in [5.41, 5.74) is 0.0712. The third kappa shape index (κ3) is 2.34. The number of methoxy groups -OCH3 is 1. The first-order chi connectivity index (χ1) is 8.31. The molecule has 0 spiro atoms. The minimum Gasteiger partial charge on any atom is -0.376 e. The van der Waals surface area contributed by atoms with Crippen molar-refractivity contribution in [3.63, 3.8) is 0 Å². The molecule has 96 valence electrons. The molecule has 17 heavy (non-hydrogen) atoms. The number of aliphatic imine (C=N–C) groups is 1. The first-order valence-corrected chi connectivity index (χ1v) is 7.79. The van der Waals surface area contributed by atoms with Gasteiger partial charge in [-0.1, -0.05) is 18.2 Å². The van der Waals surface area contributed by atoms with Crippen molar-refractivity contribution in [3.8, 4) is 0 Å². The second-order valence-corrected chi connectivity index (χ2v) is 6.62. The first kappa shape index (κ1) is 11.8. The topological polar surface area (TPSA) is 33.6 Å². The van der Waals surface area contributed by atoms with Gasteiger partial charge in [-0.2, -0.15) is 0 Å². The van der Waals surface area contributed by atoms with Gasteiger partial charge in [0.2, 0.25) is 0 Å². The zero-order valence-corrected chi connectivity index (χ0v) is 11.4. The fourth-order valence-corrected chi connectivity index (χ4v) is 4.28. The van der Waals surface area contributed by atoms with Crippen LogP contribution in [0, 0.1) is 5.92 Å². The summed E-state index contributed by atoms with van der Waals surface area (Å²) in [5.74, 6) is 2.15. The lowest BCUT2D eigenvalue weighted by atomic mass is 9.80. The molecule has 2 unspecified atom stereocenters. The fraction of sp³-hybridized carbons (Fsp3) is 0.923. The van der Waals surface area contributed by atoms with Gasteiger partial charge < -0.3 is 10.1 Å². The van der Waals surface area contributed by atoms with E-state index in [-0.39, 0.29) is 5.60 Å². The minimum absolute atomic E-state index is 0.0712. The van der Waals surface area contributed by atoms with Crippen molar-refractivity contribution in [2.24, 2.45) is 10.9 Å². The monoisotopic (exact) mass is 254 g/mol. The van der Waals surface area contributed by atoms with Crippen molar-refractivity contribution < 1.29 is 4.74 Å². The van der Waals surface area contributed by atoms with Crippen molar-refractivity contribution in [2.45, 2.75) is 50.2 Å². The van der Waals surface area contributed by atoms with E-state index in [9.17, 15) is 0 Å². The summed E-state index contributed by atoms with van der Waals surface area (Å²) in [6, 6.07) is 0.704. The van der Waals surface area contributed by atoms with Gasteiger partial charge in [0, 0.05) is 18.9 Å². The Bertz CT molecular complexity index is 309. The maximum Gasteiger partial charge on any atom is 0.156 e. The predicted octanol–water partition coefficient (Wildman–Crippen LogP) is 2.42. The Morgan fingerprint density at radius 2 is 2.29 bits per heavy atom. The summed E-state index contributed by atoms with van der Waals surface area (Å²) in [4.78, 5) is 4.75. The standard InChI is InChI=1S/C13H22N2OS/c1-16-13(6-3-7-13)9-14-12-15-11-5-2-4-10(11)8-17-12/h10-11H,2-9H2,1H3,(H,14,15). The Morgan fingerprint density at radius 1 is 1.41 bits per heavy atom. The van der Waals surface area contributed by atoms with Crippen molar-refractivity contribution in [3.05, 3.63) is 0 Å². The number of hydrogen-bond donors (Lipinski definition) is 1. The summed E-state index contributed by atoms with van der Waals surface area (Å²) in [7, 11) is 1.83. The average Bonchev–Trinajstić information content (AvgIpc) is 2.75. The van der Waals surface area contributed by atoms with Gasteiger partial charge in [-0.15, -0.1) is 0 Å². The minimum atomic E-state index is 0.0712. The third-order valence-electron chi connectivity index (χ3n) is 4.61. The highest BCUT2D eigenvalue weighted by atomic mass is 32.2. The fourth-order valence-electron chi connectivity index (χ4n) is 3.12. The van der Waals surface area contributed by atoms with Crippen LogP contribution in [-0.4, -0.2) is 36.2 Å². The molecule has 1 N–H and O–H groups in total. The van der Waals surface area contributed by atoms with Crippen molar-refractivity contribution in [1.82, 2.24) is 5.32 Å². The molecule has 2 atom stereocenters. The molecular weight excluding hydrogens is 232 g/mol. The molecule has 0 aromatic rings. The summed E-state index contributed by atoms with van der Waals surface area (Å²) in [6.45, 7) is 0.843. The second-order valence-electron chi connectivity index (χ2n) is 5.61. The van der Waals surface area contributed by atoms with Crippen LogP contribution in [0.3, 0.4) is 0 Å². The summed E-state index contributed by atoms with van der Waals surface area (Å²) < 4.78 is 5.61. The lowest BCUT2D eigenvalue weighted by Gasteiger charge is -2.39. The maximum atomic E-state index is 5.61. The van der Waals surface area contributed by atoms with Crippen molar-refractivity contribution >= 4 is 16.9 Å². The van der Waals surface area contributed by atoms with E-state index in [0.717, 1.165) is 17.6 Å². The van der Waals surface area contributed by atoms with Crippen molar-refractivity contribution in [2.75, 3.05) is 19.4 Å². The first-order valence-electron chi connectivity index (χ1n) is 6.80. The van der Waals surface area contributed by atoms with Gasteiger partial charge in [0.1, 0.15) is 0 Å². The Morgan fingerprint density at radius 3 is 3.00 bits per heavy atom. The Labute approximate surface area is 108 Å². The van der Waals surface area contributed by atoms with E-state index >= 15 is 0 Å². The smallest absolute Gasteiger partial charge is 0.156 e. The number of ether oxygens (including phenoxy) is 1. The molecule has 0 radical (unpaired) electrons. The molecule has 3 fully saturated rings. The van der Waals surface area contributed by atoms with E-state index in [1.807, 2.05) is 18.9 Å². The van der Waals surface area contributed by atoms with Gasteiger partial charge >= 0.3 is 0 Å². The number of nitrogens with zero attached hydrogens (tertiary/aromatic N) is 1. The van der Waals surface area contributed by atoms with E-state index < -0.39 is 0 Å². The van der Waals surface area contributed by atoms with Crippen LogP contribution in [0.1, 0.15) is 38.5 Å². The Kier molecular flexibility index (Phi) is 3.35. The molecule has 0 aromatic carbocycles. The highest BCUT2D eigenvalue weighted by Crippen LogP contribution is 2.36. The number of fused-ring (bicyclic) bond motifs is 1. The maximum absolute atomic E-state index is 5.61. The molecule has 0 bridgehead atoms. The van der Waals surface area contributed by atoms with Gasteiger partial charge in [-0.25, -0.2) is 0 Å². The van der Waals surface area contributed by atoms with Crippen LogP contribution in [0.5, 0.6) is 0 Å². The lowest BCUT2D eigenvalue weighted by molar-refractivity contribution is -0.0629. The normalized spacial score (nSPS) is 37.4. The predicted molar refractivity (Wildman–Crippen MR) is 72.6 cm³/mol. The van der Waals surface area contributed by atoms with Gasteiger partial charge in [0.15, 0.2) is 5.17 Å². The van der Waals surface area contributed by atoms with E-state index in [2.05, 4.69) is 5.32 Å². The third-order valence-corrected chi connectivity index (χ3v) is 5.73. The van der Waals surface area contributed by atoms with Crippen LogP contribution in [0.25, 0.3) is 0 Å². The largest absolute Gasteiger partial charge is 0.376 e. The molecule has 0 amide bonds. The molecule has 2 saturated carbocycles. The highest BCUT2D eigenvalue weighted by molar-refractivity contribution is 8.13. The van der Waals surface area contributed by atoms with Crippen LogP contribution in [0.4, 0.5) is 0 Å². The zero-order chi connectivity index (χ0) is 11.7.